The number of carbonyl (C=O) groups excluding carboxylic acids is 2. The largest absolute Gasteiger partial charge is 0.335 e. The van der Waals surface area contributed by atoms with E-state index >= 15 is 0 Å². The summed E-state index contributed by atoms with van der Waals surface area (Å²) in [6, 6.07) is 3.37. The van der Waals surface area contributed by atoms with E-state index in [1.807, 2.05) is 12.1 Å². The van der Waals surface area contributed by atoms with E-state index in [0.29, 0.717) is 11.0 Å². The van der Waals surface area contributed by atoms with E-state index in [1.165, 1.54) is 18.2 Å². The van der Waals surface area contributed by atoms with Crippen LogP contribution >= 0.6 is 11.8 Å². The maximum absolute atomic E-state index is 12.2. The van der Waals surface area contributed by atoms with Gasteiger partial charge in [-0.05, 0) is 31.9 Å². The zero-order chi connectivity index (χ0) is 18.4. The van der Waals surface area contributed by atoms with E-state index in [-0.39, 0.29) is 11.9 Å². The first-order valence-corrected chi connectivity index (χ1v) is 9.60. The molecule has 3 rings (SSSR count). The zero-order valence-electron chi connectivity index (χ0n) is 14.6. The Balaban J connectivity index is 1.49. The molecule has 0 aliphatic heterocycles. The quantitative estimate of drug-likeness (QED) is 0.693. The molecule has 138 valence electrons. The molecule has 26 heavy (non-hydrogen) atoms. The van der Waals surface area contributed by atoms with Gasteiger partial charge in [0.15, 0.2) is 5.82 Å². The Morgan fingerprint density at radius 2 is 1.96 bits per heavy atom. The van der Waals surface area contributed by atoms with Gasteiger partial charge in [0.25, 0.3) is 0 Å². The van der Waals surface area contributed by atoms with Gasteiger partial charge in [0.2, 0.25) is 11.1 Å². The van der Waals surface area contributed by atoms with Crippen molar-refractivity contribution in [1.29, 1.82) is 0 Å². The first kappa shape index (κ1) is 18.4. The maximum atomic E-state index is 12.2. The molecule has 9 heteroatoms. The predicted octanol–water partition coefficient (Wildman–Crippen LogP) is 2.51. The number of amides is 3. The van der Waals surface area contributed by atoms with Crippen molar-refractivity contribution in [1.82, 2.24) is 30.8 Å². The number of pyridine rings is 1. The summed E-state index contributed by atoms with van der Waals surface area (Å²) in [6.07, 6.45) is 8.75. The molecule has 1 saturated carbocycles. The van der Waals surface area contributed by atoms with Crippen LogP contribution in [0.5, 0.6) is 0 Å². The Morgan fingerprint density at radius 3 is 2.69 bits per heavy atom. The fourth-order valence-electron chi connectivity index (χ4n) is 2.83. The Bertz CT molecular complexity index is 745. The molecule has 0 bridgehead atoms. The minimum absolute atomic E-state index is 0.162. The molecular weight excluding hydrogens is 352 g/mol. The third-order valence-corrected chi connectivity index (χ3v) is 5.21. The van der Waals surface area contributed by atoms with E-state index in [0.717, 1.165) is 31.2 Å². The summed E-state index contributed by atoms with van der Waals surface area (Å²) in [7, 11) is 0. The summed E-state index contributed by atoms with van der Waals surface area (Å²) in [6.45, 7) is 1.72. The third kappa shape index (κ3) is 5.04. The Hall–Kier alpha value is -2.42. The fourth-order valence-corrected chi connectivity index (χ4v) is 3.56. The van der Waals surface area contributed by atoms with Crippen molar-refractivity contribution in [2.45, 2.75) is 55.5 Å². The second-order valence-electron chi connectivity index (χ2n) is 6.26. The number of thioether (sulfide) groups is 1. The van der Waals surface area contributed by atoms with Crippen LogP contribution in [-0.2, 0) is 4.79 Å². The van der Waals surface area contributed by atoms with Crippen LogP contribution in [-0.4, -0.2) is 43.4 Å². The van der Waals surface area contributed by atoms with Gasteiger partial charge in [-0.15, -0.1) is 5.10 Å². The van der Waals surface area contributed by atoms with Gasteiger partial charge in [0, 0.05) is 24.0 Å². The number of hydrogen-bond donors (Lipinski definition) is 3. The Kier molecular flexibility index (Phi) is 6.21. The summed E-state index contributed by atoms with van der Waals surface area (Å²) < 4.78 is 0. The van der Waals surface area contributed by atoms with Crippen molar-refractivity contribution in [3.05, 3.63) is 24.5 Å². The monoisotopic (exact) mass is 374 g/mol. The molecular formula is C17H22N6O2S. The lowest BCUT2D eigenvalue weighted by atomic mass is 9.96. The first-order valence-electron chi connectivity index (χ1n) is 8.72. The van der Waals surface area contributed by atoms with Gasteiger partial charge in [-0.25, -0.2) is 9.78 Å². The zero-order valence-corrected chi connectivity index (χ0v) is 15.4. The minimum Gasteiger partial charge on any atom is -0.335 e. The second-order valence-corrected chi connectivity index (χ2v) is 7.57. The molecule has 0 spiro atoms. The lowest BCUT2D eigenvalue weighted by Gasteiger charge is -2.22. The van der Waals surface area contributed by atoms with Crippen LogP contribution < -0.4 is 10.6 Å². The van der Waals surface area contributed by atoms with Crippen molar-refractivity contribution in [3.63, 3.8) is 0 Å². The maximum Gasteiger partial charge on any atom is 0.321 e. The van der Waals surface area contributed by atoms with E-state index in [1.54, 1.807) is 19.3 Å². The molecule has 1 fully saturated rings. The van der Waals surface area contributed by atoms with E-state index in [9.17, 15) is 9.59 Å². The number of H-pyrrole nitrogens is 1. The third-order valence-electron chi connectivity index (χ3n) is 4.25. The predicted molar refractivity (Wildman–Crippen MR) is 98.5 cm³/mol. The van der Waals surface area contributed by atoms with E-state index in [2.05, 4.69) is 30.8 Å². The normalized spacial score (nSPS) is 16.0. The average molecular weight is 374 g/mol. The molecule has 8 nitrogen and oxygen atoms in total. The molecule has 1 aliphatic rings. The van der Waals surface area contributed by atoms with E-state index in [4.69, 9.17) is 0 Å². The van der Waals surface area contributed by atoms with Crippen LogP contribution in [0, 0.1) is 0 Å². The number of aromatic amines is 1. The highest BCUT2D eigenvalue weighted by atomic mass is 32.2. The highest BCUT2D eigenvalue weighted by Crippen LogP contribution is 2.22. The molecule has 0 saturated heterocycles. The van der Waals surface area contributed by atoms with Crippen LogP contribution in [0.25, 0.3) is 11.4 Å². The van der Waals surface area contributed by atoms with Crippen LogP contribution in [0.2, 0.25) is 0 Å². The number of urea groups is 1. The number of rotatable bonds is 5. The lowest BCUT2D eigenvalue weighted by molar-refractivity contribution is -0.119. The molecule has 0 unspecified atom stereocenters. The van der Waals surface area contributed by atoms with Gasteiger partial charge in [-0.1, -0.05) is 31.0 Å². The van der Waals surface area contributed by atoms with Crippen molar-refractivity contribution < 1.29 is 9.59 Å². The molecule has 1 atom stereocenters. The van der Waals surface area contributed by atoms with Gasteiger partial charge >= 0.3 is 6.03 Å². The van der Waals surface area contributed by atoms with Gasteiger partial charge in [-0.2, -0.15) is 0 Å². The average Bonchev–Trinajstić information content (AvgIpc) is 3.11. The summed E-state index contributed by atoms with van der Waals surface area (Å²) in [5.74, 6) is 0.246. The molecule has 2 aromatic rings. The molecule has 2 aromatic heterocycles. The van der Waals surface area contributed by atoms with Gasteiger partial charge in [0.1, 0.15) is 0 Å². The number of hydrogen-bond acceptors (Lipinski definition) is 6. The van der Waals surface area contributed by atoms with Crippen LogP contribution in [0.4, 0.5) is 4.79 Å². The summed E-state index contributed by atoms with van der Waals surface area (Å²) >= 11 is 1.19. The number of nitrogens with one attached hydrogen (secondary N) is 3. The Labute approximate surface area is 156 Å². The molecule has 3 N–H and O–H groups in total. The van der Waals surface area contributed by atoms with Crippen molar-refractivity contribution in [2.75, 3.05) is 0 Å². The number of nitrogens with zero attached hydrogens (tertiary/aromatic N) is 3. The summed E-state index contributed by atoms with van der Waals surface area (Å²) in [5.41, 5.74) is 0.864. The minimum atomic E-state index is -0.492. The smallest absolute Gasteiger partial charge is 0.321 e. The second kappa shape index (κ2) is 8.79. The number of aromatic nitrogens is 4. The number of imide groups is 1. The molecule has 2 heterocycles. The molecule has 0 aromatic carbocycles. The fraction of sp³-hybridized carbons (Fsp3) is 0.471. The van der Waals surface area contributed by atoms with Crippen LogP contribution in [0.15, 0.2) is 29.7 Å². The van der Waals surface area contributed by atoms with Crippen LogP contribution in [0.1, 0.15) is 39.0 Å². The van der Waals surface area contributed by atoms with Crippen molar-refractivity contribution >= 4 is 23.7 Å². The van der Waals surface area contributed by atoms with Gasteiger partial charge in [0.05, 0.1) is 5.25 Å². The van der Waals surface area contributed by atoms with Crippen molar-refractivity contribution in [3.8, 4) is 11.4 Å². The SMILES string of the molecule is C[C@@H](Sc1n[nH]c(-c2ccncc2)n1)C(=O)NC(=O)NC1CCCCC1. The molecule has 3 amide bonds. The summed E-state index contributed by atoms with van der Waals surface area (Å²) in [5, 5.41) is 12.2. The highest BCUT2D eigenvalue weighted by Gasteiger charge is 2.21. The van der Waals surface area contributed by atoms with Crippen molar-refractivity contribution in [2.24, 2.45) is 0 Å². The van der Waals surface area contributed by atoms with Gasteiger partial charge < -0.3 is 5.32 Å². The topological polar surface area (TPSA) is 113 Å². The van der Waals surface area contributed by atoms with E-state index < -0.39 is 11.3 Å². The molecule has 1 aliphatic carbocycles. The lowest BCUT2D eigenvalue weighted by Crippen LogP contribution is -2.47. The standard InChI is InChI=1S/C17H22N6O2S/c1-11(15(24)21-16(25)19-13-5-3-2-4-6-13)26-17-20-14(22-23-17)12-7-9-18-10-8-12/h7-11,13H,2-6H2,1H3,(H,20,22,23)(H2,19,21,24,25)/t11-/m1/s1. The van der Waals surface area contributed by atoms with Gasteiger partial charge in [-0.3, -0.25) is 20.2 Å². The number of carbonyl (C=O) groups is 2. The highest BCUT2D eigenvalue weighted by molar-refractivity contribution is 8.00. The molecule has 0 radical (unpaired) electrons. The summed E-state index contributed by atoms with van der Waals surface area (Å²) in [4.78, 5) is 32.5. The van der Waals surface area contributed by atoms with Crippen LogP contribution in [0.3, 0.4) is 0 Å². The Morgan fingerprint density at radius 1 is 1.23 bits per heavy atom. The first-order chi connectivity index (χ1) is 12.6.